The number of halogens is 1. The Morgan fingerprint density at radius 2 is 1.59 bits per heavy atom. The van der Waals surface area contributed by atoms with Gasteiger partial charge in [0, 0.05) is 32.1 Å². The maximum absolute atomic E-state index is 14.3. The zero-order valence-electron chi connectivity index (χ0n) is 22.9. The van der Waals surface area contributed by atoms with Gasteiger partial charge in [0.1, 0.15) is 5.82 Å². The number of benzene rings is 3. The molecule has 0 aliphatic heterocycles. The molecular formula is C31H33FN2O3S2. The van der Waals surface area contributed by atoms with E-state index in [-0.39, 0.29) is 36.1 Å². The van der Waals surface area contributed by atoms with E-state index in [2.05, 4.69) is 18.2 Å². The highest BCUT2D eigenvalue weighted by Gasteiger charge is 2.27. The van der Waals surface area contributed by atoms with Crippen LogP contribution in [0.25, 0.3) is 17.2 Å². The first kappa shape index (κ1) is 28.8. The van der Waals surface area contributed by atoms with Crippen molar-refractivity contribution in [2.75, 3.05) is 33.4 Å². The van der Waals surface area contributed by atoms with Crippen LogP contribution < -0.4 is 0 Å². The summed E-state index contributed by atoms with van der Waals surface area (Å²) in [4.78, 5) is 16.2. The maximum Gasteiger partial charge on any atom is 0.242 e. The van der Waals surface area contributed by atoms with Crippen molar-refractivity contribution in [3.05, 3.63) is 100 Å². The lowest BCUT2D eigenvalue weighted by molar-refractivity contribution is -0.128. The summed E-state index contributed by atoms with van der Waals surface area (Å²) in [5.41, 5.74) is 6.32. The molecule has 8 heteroatoms. The number of fused-ring (bicyclic) bond motifs is 1. The van der Waals surface area contributed by atoms with Crippen LogP contribution in [0.1, 0.15) is 35.6 Å². The Morgan fingerprint density at radius 1 is 0.923 bits per heavy atom. The minimum Gasteiger partial charge on any atom is -0.344 e. The Bertz CT molecular complexity index is 1540. The molecule has 39 heavy (non-hydrogen) atoms. The maximum atomic E-state index is 14.3. The van der Waals surface area contributed by atoms with Gasteiger partial charge in [0.05, 0.1) is 11.3 Å². The van der Waals surface area contributed by atoms with Gasteiger partial charge >= 0.3 is 0 Å². The molecule has 0 fully saturated rings. The molecule has 0 unspecified atom stereocenters. The second kappa shape index (κ2) is 11.9. The normalized spacial score (nSPS) is 14.3. The van der Waals surface area contributed by atoms with Gasteiger partial charge in [-0.1, -0.05) is 35.9 Å². The summed E-state index contributed by atoms with van der Waals surface area (Å²) in [7, 11) is -0.483. The summed E-state index contributed by atoms with van der Waals surface area (Å²) < 4.78 is 41.4. The highest BCUT2D eigenvalue weighted by atomic mass is 32.2. The van der Waals surface area contributed by atoms with E-state index < -0.39 is 10.0 Å². The minimum atomic E-state index is -3.66. The molecule has 0 N–H and O–H groups in total. The number of carbonyl (C=O) groups is 1. The molecule has 0 bridgehead atoms. The number of hydrogen-bond donors (Lipinski definition) is 0. The zero-order valence-corrected chi connectivity index (χ0v) is 24.5. The van der Waals surface area contributed by atoms with Crippen LogP contribution in [-0.4, -0.2) is 57.0 Å². The van der Waals surface area contributed by atoms with Gasteiger partial charge in [-0.25, -0.2) is 12.8 Å². The van der Waals surface area contributed by atoms with Gasteiger partial charge in [-0.15, -0.1) is 11.8 Å². The predicted molar refractivity (Wildman–Crippen MR) is 158 cm³/mol. The van der Waals surface area contributed by atoms with Gasteiger partial charge in [0.15, 0.2) is 0 Å². The van der Waals surface area contributed by atoms with Gasteiger partial charge < -0.3 is 4.90 Å². The average molecular weight is 565 g/mol. The van der Waals surface area contributed by atoms with Crippen molar-refractivity contribution >= 4 is 44.9 Å². The summed E-state index contributed by atoms with van der Waals surface area (Å²) in [6.07, 6.45) is 4.20. The lowest BCUT2D eigenvalue weighted by Gasteiger charge is -2.23. The van der Waals surface area contributed by atoms with Crippen molar-refractivity contribution in [3.63, 3.8) is 0 Å². The largest absolute Gasteiger partial charge is 0.344 e. The first-order chi connectivity index (χ1) is 18.5. The molecule has 1 aliphatic carbocycles. The lowest BCUT2D eigenvalue weighted by atomic mass is 10.0. The van der Waals surface area contributed by atoms with Gasteiger partial charge in [-0.3, -0.25) is 4.79 Å². The predicted octanol–water partition coefficient (Wildman–Crippen LogP) is 6.35. The first-order valence-corrected chi connectivity index (χ1v) is 15.3. The Kier molecular flexibility index (Phi) is 8.79. The Hall–Kier alpha value is -3.20. The number of thioether (sulfide) groups is 1. The Labute approximate surface area is 235 Å². The third kappa shape index (κ3) is 6.35. The van der Waals surface area contributed by atoms with Crippen LogP contribution >= 0.6 is 11.8 Å². The molecule has 4 rings (SSSR count). The molecule has 0 aromatic heterocycles. The van der Waals surface area contributed by atoms with Crippen molar-refractivity contribution in [1.82, 2.24) is 9.21 Å². The highest BCUT2D eigenvalue weighted by Crippen LogP contribution is 2.44. The van der Waals surface area contributed by atoms with E-state index in [1.165, 1.54) is 33.3 Å². The summed E-state index contributed by atoms with van der Waals surface area (Å²) in [6, 6.07) is 19.6. The van der Waals surface area contributed by atoms with E-state index in [4.69, 9.17) is 0 Å². The van der Waals surface area contributed by atoms with Crippen molar-refractivity contribution < 1.29 is 17.6 Å². The van der Waals surface area contributed by atoms with Crippen LogP contribution in [0.4, 0.5) is 4.39 Å². The van der Waals surface area contributed by atoms with Crippen LogP contribution in [0.3, 0.4) is 0 Å². The molecule has 0 saturated carbocycles. The fraction of sp³-hybridized carbons (Fsp3) is 0.258. The minimum absolute atomic E-state index is 0.0932. The van der Waals surface area contributed by atoms with Crippen molar-refractivity contribution in [1.29, 1.82) is 0 Å². The number of likely N-dealkylation sites (N-methyl/N-ethyl adjacent to an activating group) is 2. The number of hydrogen-bond acceptors (Lipinski definition) is 4. The van der Waals surface area contributed by atoms with E-state index in [1.54, 1.807) is 49.1 Å². The molecular weight excluding hydrogens is 531 g/mol. The molecule has 5 nitrogen and oxygen atoms in total. The molecule has 0 heterocycles. The third-order valence-electron chi connectivity index (χ3n) is 7.11. The second-order valence-electron chi connectivity index (χ2n) is 9.76. The van der Waals surface area contributed by atoms with E-state index in [1.807, 2.05) is 32.2 Å². The number of allylic oxidation sites excluding steroid dienone is 2. The van der Waals surface area contributed by atoms with Crippen LogP contribution in [0.5, 0.6) is 0 Å². The number of amides is 1. The van der Waals surface area contributed by atoms with E-state index in [0.29, 0.717) is 0 Å². The fourth-order valence-electron chi connectivity index (χ4n) is 4.56. The standard InChI is InChI=1S/C31H33FN2O3S2/c1-21-6-13-26(14-7-21)39(36,37)34(4)17-16-33(3)31(35)20-29-22(2)28(27-15-10-24(32)19-30(27)29)18-23-8-11-25(38-5)12-9-23/h6-15,18-19H,16-17,20H2,1-5H3/b28-18-. The summed E-state index contributed by atoms with van der Waals surface area (Å²) in [5, 5.41) is 0. The fourth-order valence-corrected chi connectivity index (χ4v) is 6.13. The molecule has 3 aromatic rings. The van der Waals surface area contributed by atoms with Crippen LogP contribution in [0.2, 0.25) is 0 Å². The Morgan fingerprint density at radius 3 is 2.23 bits per heavy atom. The van der Waals surface area contributed by atoms with Crippen LogP contribution in [0.15, 0.2) is 82.1 Å². The van der Waals surface area contributed by atoms with Crippen molar-refractivity contribution in [3.8, 4) is 0 Å². The third-order valence-corrected chi connectivity index (χ3v) is 9.73. The number of sulfonamides is 1. The Balaban J connectivity index is 1.51. The lowest BCUT2D eigenvalue weighted by Crippen LogP contribution is -2.37. The molecule has 1 aliphatic rings. The smallest absolute Gasteiger partial charge is 0.242 e. The monoisotopic (exact) mass is 564 g/mol. The topological polar surface area (TPSA) is 57.7 Å². The van der Waals surface area contributed by atoms with Crippen molar-refractivity contribution in [2.24, 2.45) is 0 Å². The van der Waals surface area contributed by atoms with Gasteiger partial charge in [-0.2, -0.15) is 4.31 Å². The van der Waals surface area contributed by atoms with E-state index >= 15 is 0 Å². The SMILES string of the molecule is CSc1ccc(/C=C2/C(C)=C(CC(=O)N(C)CCN(C)S(=O)(=O)c3ccc(C)cc3)c3cc(F)ccc32)cc1. The first-order valence-electron chi connectivity index (χ1n) is 12.6. The quantitative estimate of drug-likeness (QED) is 0.284. The van der Waals surface area contributed by atoms with Gasteiger partial charge in [0.25, 0.3) is 0 Å². The van der Waals surface area contributed by atoms with Gasteiger partial charge in [0.2, 0.25) is 15.9 Å². The van der Waals surface area contributed by atoms with E-state index in [0.717, 1.165) is 39.0 Å². The number of nitrogens with zero attached hydrogens (tertiary/aromatic N) is 2. The van der Waals surface area contributed by atoms with E-state index in [9.17, 15) is 17.6 Å². The van der Waals surface area contributed by atoms with Crippen LogP contribution in [-0.2, 0) is 14.8 Å². The number of rotatable bonds is 9. The number of aryl methyl sites for hydroxylation is 1. The highest BCUT2D eigenvalue weighted by molar-refractivity contribution is 7.98. The van der Waals surface area contributed by atoms with Crippen LogP contribution in [0, 0.1) is 12.7 Å². The summed E-state index contributed by atoms with van der Waals surface area (Å²) in [6.45, 7) is 4.24. The molecule has 1 amide bonds. The molecule has 0 saturated heterocycles. The molecule has 0 radical (unpaired) electrons. The van der Waals surface area contributed by atoms with Gasteiger partial charge in [-0.05, 0) is 96.0 Å². The second-order valence-corrected chi connectivity index (χ2v) is 12.7. The van der Waals surface area contributed by atoms with Crippen molar-refractivity contribution in [2.45, 2.75) is 30.1 Å². The molecule has 0 spiro atoms. The summed E-state index contributed by atoms with van der Waals surface area (Å²) in [5.74, 6) is -0.514. The number of carbonyl (C=O) groups excluding carboxylic acids is 1. The summed E-state index contributed by atoms with van der Waals surface area (Å²) >= 11 is 1.68. The molecule has 3 aromatic carbocycles. The molecule has 0 atom stereocenters. The zero-order chi connectivity index (χ0) is 28.3. The molecule has 204 valence electrons. The average Bonchev–Trinajstić information content (AvgIpc) is 3.17.